The maximum Gasteiger partial charge on any atom is 0.0651 e. The van der Waals surface area contributed by atoms with Crippen molar-refractivity contribution >= 4 is 10.8 Å². The molecule has 215 valence electrons. The van der Waals surface area contributed by atoms with Crippen molar-refractivity contribution in [3.63, 3.8) is 0 Å². The van der Waals surface area contributed by atoms with Gasteiger partial charge in [0, 0.05) is 32.2 Å². The molecule has 1 radical (unpaired) electrons. The second-order valence-electron chi connectivity index (χ2n) is 12.0. The van der Waals surface area contributed by atoms with Gasteiger partial charge in [0.2, 0.25) is 0 Å². The van der Waals surface area contributed by atoms with E-state index in [2.05, 4.69) is 63.9 Å². The molecule has 0 amide bonds. The van der Waals surface area contributed by atoms with Crippen molar-refractivity contribution in [2.24, 2.45) is 22.7 Å². The normalized spacial score (nSPS) is 25.4. The predicted molar refractivity (Wildman–Crippen MR) is 159 cm³/mol. The molecule has 3 aromatic rings. The Morgan fingerprint density at radius 3 is 2.15 bits per heavy atom. The number of benzene rings is 2. The molecule has 2 aliphatic carbocycles. The molecule has 0 aliphatic heterocycles. The molecule has 0 saturated heterocycles. The van der Waals surface area contributed by atoms with Crippen LogP contribution in [-0.4, -0.2) is 27.4 Å². The summed E-state index contributed by atoms with van der Waals surface area (Å²) in [5.74, 6) is 0.627. The summed E-state index contributed by atoms with van der Waals surface area (Å²) in [4.78, 5) is 4.49. The third kappa shape index (κ3) is 6.35. The smallest absolute Gasteiger partial charge is 0.0651 e. The quantitative estimate of drug-likeness (QED) is 0.262. The summed E-state index contributed by atoms with van der Waals surface area (Å²) in [6.45, 7) is 11.0. The molecule has 2 aliphatic rings. The maximum atomic E-state index is 11.2. The predicted octanol–water partition coefficient (Wildman–Crippen LogP) is 8.54. The van der Waals surface area contributed by atoms with Gasteiger partial charge in [0.1, 0.15) is 0 Å². The van der Waals surface area contributed by atoms with Gasteiger partial charge < -0.3 is 15.2 Å². The van der Waals surface area contributed by atoms with Crippen molar-refractivity contribution in [3.8, 4) is 11.3 Å². The Kier molecular flexibility index (Phi) is 11.3. The van der Waals surface area contributed by atoms with Crippen molar-refractivity contribution in [2.75, 3.05) is 0 Å². The van der Waals surface area contributed by atoms with E-state index in [1.54, 1.807) is 0 Å². The molecular weight excluding hydrogens is 659 g/mol. The minimum absolute atomic E-state index is 0. The van der Waals surface area contributed by atoms with Gasteiger partial charge in [-0.1, -0.05) is 57.9 Å². The fourth-order valence-corrected chi connectivity index (χ4v) is 7.60. The summed E-state index contributed by atoms with van der Waals surface area (Å²) in [6, 6.07) is 19.7. The Bertz CT molecular complexity index is 1170. The number of aliphatic hydroxyl groups is 2. The number of nitrogens with zero attached hydrogens (tertiary/aromatic N) is 1. The fourth-order valence-electron chi connectivity index (χ4n) is 7.60. The fraction of sp³-hybridized carbons (Fsp3) is 0.571. The first kappa shape index (κ1) is 31.9. The first-order valence-corrected chi connectivity index (χ1v) is 15.0. The number of hydrogen-bond donors (Lipinski definition) is 2. The van der Waals surface area contributed by atoms with E-state index in [4.69, 9.17) is 0 Å². The van der Waals surface area contributed by atoms with Crippen LogP contribution in [0, 0.1) is 35.7 Å². The van der Waals surface area contributed by atoms with Gasteiger partial charge in [-0.25, -0.2) is 0 Å². The van der Waals surface area contributed by atoms with Crippen molar-refractivity contribution in [3.05, 3.63) is 66.4 Å². The average molecular weight is 707 g/mol. The Hall–Kier alpha value is -1.58. The number of aliphatic hydroxyl groups excluding tert-OH is 2. The van der Waals surface area contributed by atoms with Crippen LogP contribution in [0.15, 0.2) is 54.7 Å². The molecule has 1 aromatic heterocycles. The molecule has 2 saturated carbocycles. The van der Waals surface area contributed by atoms with Gasteiger partial charge in [-0.3, -0.25) is 0 Å². The Labute approximate surface area is 250 Å². The Balaban J connectivity index is 0.000000214. The van der Waals surface area contributed by atoms with E-state index in [9.17, 15) is 10.2 Å². The van der Waals surface area contributed by atoms with Gasteiger partial charge >= 0.3 is 0 Å². The van der Waals surface area contributed by atoms with Gasteiger partial charge in [-0.2, -0.15) is 0 Å². The zero-order valence-corrected chi connectivity index (χ0v) is 26.9. The molecule has 2 fully saturated rings. The van der Waals surface area contributed by atoms with Crippen LogP contribution >= 0.6 is 0 Å². The van der Waals surface area contributed by atoms with Crippen molar-refractivity contribution in [1.29, 1.82) is 0 Å². The number of rotatable bonds is 5. The van der Waals surface area contributed by atoms with Gasteiger partial charge in [0.15, 0.2) is 0 Å². The van der Waals surface area contributed by atoms with E-state index in [0.29, 0.717) is 5.92 Å². The van der Waals surface area contributed by atoms with Crippen LogP contribution in [0.1, 0.15) is 91.0 Å². The third-order valence-corrected chi connectivity index (χ3v) is 10.5. The zero-order chi connectivity index (χ0) is 27.3. The maximum absolute atomic E-state index is 11.2. The van der Waals surface area contributed by atoms with Crippen molar-refractivity contribution < 1.29 is 30.3 Å². The van der Waals surface area contributed by atoms with E-state index in [1.807, 2.05) is 36.5 Å². The van der Waals surface area contributed by atoms with Crippen LogP contribution < -0.4 is 0 Å². The minimum Gasteiger partial charge on any atom is -0.392 e. The first-order chi connectivity index (χ1) is 18.3. The summed E-state index contributed by atoms with van der Waals surface area (Å²) in [6.07, 6.45) is 11.2. The molecule has 4 unspecified atom stereocenters. The second-order valence-corrected chi connectivity index (χ2v) is 12.0. The molecule has 4 atom stereocenters. The van der Waals surface area contributed by atoms with E-state index >= 15 is 0 Å². The SMILES string of the molecule is CCC1(CC)CCCC2CCC(CC)(CC)C(O)C2C1O.Cc1ccc2ccnc(-c3[c-]cccc3)c2c1.[Ir]. The molecule has 0 bridgehead atoms. The number of fused-ring (bicyclic) bond motifs is 2. The summed E-state index contributed by atoms with van der Waals surface area (Å²) < 4.78 is 0. The standard InChI is InChI=1S/C19H36O2.C16H12N.Ir/c1-5-18(6-2)12-9-10-14-11-13-19(7-3,8-4)17(21)15(14)16(18)20;1-12-7-8-13-9-10-17-16(15(13)11-12)14-5-3-2-4-6-14;/h14-17,20-21H,5-13H2,1-4H3;2-5,7-11H,1H3;/q;-1;. The molecule has 1 heterocycles. The summed E-state index contributed by atoms with van der Waals surface area (Å²) in [5.41, 5.74) is 3.38. The van der Waals surface area contributed by atoms with Gasteiger partial charge in [-0.05, 0) is 97.6 Å². The average Bonchev–Trinajstić information content (AvgIpc) is 3.10. The molecule has 39 heavy (non-hydrogen) atoms. The topological polar surface area (TPSA) is 53.4 Å². The van der Waals surface area contributed by atoms with Crippen LogP contribution in [0.4, 0.5) is 0 Å². The summed E-state index contributed by atoms with van der Waals surface area (Å²) in [7, 11) is 0. The molecule has 4 heteroatoms. The van der Waals surface area contributed by atoms with Crippen LogP contribution in [-0.2, 0) is 20.1 Å². The second kappa shape index (κ2) is 13.9. The monoisotopic (exact) mass is 707 g/mol. The summed E-state index contributed by atoms with van der Waals surface area (Å²) >= 11 is 0. The van der Waals surface area contributed by atoms with Crippen LogP contribution in [0.25, 0.3) is 22.0 Å². The molecule has 2 aromatic carbocycles. The summed E-state index contributed by atoms with van der Waals surface area (Å²) in [5, 5.41) is 24.8. The van der Waals surface area contributed by atoms with E-state index in [-0.39, 0.29) is 49.1 Å². The van der Waals surface area contributed by atoms with Gasteiger partial charge in [0.25, 0.3) is 0 Å². The first-order valence-electron chi connectivity index (χ1n) is 15.0. The number of aryl methyl sites for hydroxylation is 1. The van der Waals surface area contributed by atoms with Crippen LogP contribution in [0.2, 0.25) is 0 Å². The largest absolute Gasteiger partial charge is 0.392 e. The number of hydrogen-bond acceptors (Lipinski definition) is 3. The molecule has 3 nitrogen and oxygen atoms in total. The van der Waals surface area contributed by atoms with E-state index < -0.39 is 0 Å². The molecule has 5 rings (SSSR count). The Morgan fingerprint density at radius 1 is 0.872 bits per heavy atom. The molecule has 2 N–H and O–H groups in total. The van der Waals surface area contributed by atoms with E-state index in [1.165, 1.54) is 35.6 Å². The molecule has 0 spiro atoms. The van der Waals surface area contributed by atoms with Crippen LogP contribution in [0.5, 0.6) is 0 Å². The number of pyridine rings is 1. The Morgan fingerprint density at radius 2 is 1.54 bits per heavy atom. The third-order valence-electron chi connectivity index (χ3n) is 10.5. The van der Waals surface area contributed by atoms with E-state index in [0.717, 1.165) is 49.8 Å². The van der Waals surface area contributed by atoms with Gasteiger partial charge in [-0.15, -0.1) is 35.9 Å². The van der Waals surface area contributed by atoms with Gasteiger partial charge in [0.05, 0.1) is 12.2 Å². The van der Waals surface area contributed by atoms with Crippen molar-refractivity contribution in [2.45, 2.75) is 105 Å². The van der Waals surface area contributed by atoms with Crippen molar-refractivity contribution in [1.82, 2.24) is 4.98 Å². The zero-order valence-electron chi connectivity index (χ0n) is 24.5. The number of aromatic nitrogens is 1. The molecular formula is C35H48IrNO2-. The van der Waals surface area contributed by atoms with Crippen LogP contribution in [0.3, 0.4) is 0 Å². The minimum atomic E-state index is -0.326.